The van der Waals surface area contributed by atoms with Crippen molar-refractivity contribution in [2.45, 2.75) is 89.5 Å². The Labute approximate surface area is 245 Å². The number of hydrogen-bond acceptors (Lipinski definition) is 7. The van der Waals surface area contributed by atoms with Gasteiger partial charge >= 0.3 is 6.18 Å². The second-order valence-corrected chi connectivity index (χ2v) is 14.1. The van der Waals surface area contributed by atoms with Crippen molar-refractivity contribution in [3.63, 3.8) is 0 Å². The van der Waals surface area contributed by atoms with Crippen molar-refractivity contribution in [2.75, 3.05) is 32.1 Å². The number of rotatable bonds is 11. The molecule has 1 aromatic carbocycles. The summed E-state index contributed by atoms with van der Waals surface area (Å²) in [6.45, 7) is 3.68. The van der Waals surface area contributed by atoms with Crippen molar-refractivity contribution in [2.24, 2.45) is 16.8 Å². The van der Waals surface area contributed by atoms with Crippen molar-refractivity contribution in [1.29, 1.82) is 0 Å². The number of benzene rings is 1. The lowest BCUT2D eigenvalue weighted by molar-refractivity contribution is -0.138. The van der Waals surface area contributed by atoms with E-state index in [-0.39, 0.29) is 62.5 Å². The number of carbonyl (C=O) groups is 1. The summed E-state index contributed by atoms with van der Waals surface area (Å²) in [6.07, 6.45) is -2.13. The first-order chi connectivity index (χ1) is 19.7. The van der Waals surface area contributed by atoms with Crippen LogP contribution in [-0.2, 0) is 21.2 Å². The van der Waals surface area contributed by atoms with Gasteiger partial charge in [0.15, 0.2) is 0 Å². The molecule has 42 heavy (non-hydrogen) atoms. The number of aliphatic hydroxyl groups excluding tert-OH is 2. The molecule has 13 heteroatoms. The average Bonchev–Trinajstić information content (AvgIpc) is 3.25. The van der Waals surface area contributed by atoms with Gasteiger partial charge in [-0.15, -0.1) is 0 Å². The van der Waals surface area contributed by atoms with E-state index in [2.05, 4.69) is 5.32 Å². The molecule has 1 aliphatic carbocycles. The minimum atomic E-state index is -4.14. The van der Waals surface area contributed by atoms with Gasteiger partial charge in [0, 0.05) is 25.4 Å². The van der Waals surface area contributed by atoms with Crippen LogP contribution < -0.4 is 10.1 Å². The topological polar surface area (TPSA) is 129 Å². The van der Waals surface area contributed by atoms with E-state index in [0.717, 1.165) is 16.7 Å². The van der Waals surface area contributed by atoms with E-state index in [0.29, 0.717) is 43.7 Å². The molecule has 2 fully saturated rings. The Bertz CT molecular complexity index is 1230. The van der Waals surface area contributed by atoms with Gasteiger partial charge in [-0.25, -0.2) is 12.7 Å². The lowest BCUT2D eigenvalue weighted by Crippen LogP contribution is -2.51. The predicted molar refractivity (Wildman–Crippen MR) is 152 cm³/mol. The Hall–Kier alpha value is -2.22. The Morgan fingerprint density at radius 1 is 1.14 bits per heavy atom. The number of aliphatic hydroxyl groups is 2. The van der Waals surface area contributed by atoms with Crippen LogP contribution in [-0.4, -0.2) is 84.6 Å². The minimum Gasteiger partial charge on any atom is -0.491 e. The molecule has 0 radical (unpaired) electrons. The number of piperidine rings is 1. The van der Waals surface area contributed by atoms with Gasteiger partial charge in [-0.05, 0) is 100.0 Å². The van der Waals surface area contributed by atoms with E-state index in [1.807, 2.05) is 13.8 Å². The third kappa shape index (κ3) is 8.03. The van der Waals surface area contributed by atoms with Gasteiger partial charge in [-0.1, -0.05) is 0 Å². The van der Waals surface area contributed by atoms with Gasteiger partial charge in [0.2, 0.25) is 10.0 Å². The zero-order valence-corrected chi connectivity index (χ0v) is 25.1. The first-order valence-corrected chi connectivity index (χ1v) is 16.3. The van der Waals surface area contributed by atoms with Crippen molar-refractivity contribution in [3.8, 4) is 5.75 Å². The number of alkyl halides is 3. The third-order valence-electron chi connectivity index (χ3n) is 8.94. The SMILES string of the molecule is Cc1cc(OC[C@@H](O)CO)cc(C)c1CCS(=O)(=O)N1CCC2(CC1)N=C(C1CCC(CCC(F)(F)F)CC1)NC2=O. The van der Waals surface area contributed by atoms with Crippen molar-refractivity contribution in [3.05, 3.63) is 28.8 Å². The molecule has 0 bridgehead atoms. The molecule has 1 amide bonds. The highest BCUT2D eigenvalue weighted by Gasteiger charge is 2.48. The molecule has 0 aromatic heterocycles. The summed E-state index contributed by atoms with van der Waals surface area (Å²) in [4.78, 5) is 17.8. The number of halogens is 3. The molecule has 1 aromatic rings. The Morgan fingerprint density at radius 2 is 1.76 bits per heavy atom. The van der Waals surface area contributed by atoms with E-state index in [1.54, 1.807) is 12.1 Å². The summed E-state index contributed by atoms with van der Waals surface area (Å²) in [5.41, 5.74) is 1.66. The number of nitrogens with zero attached hydrogens (tertiary/aromatic N) is 2. The smallest absolute Gasteiger partial charge is 0.389 e. The fraction of sp³-hybridized carbons (Fsp3) is 0.724. The van der Waals surface area contributed by atoms with Gasteiger partial charge in [0.05, 0.1) is 12.4 Å². The number of aryl methyl sites for hydroxylation is 2. The van der Waals surface area contributed by atoms with Gasteiger partial charge < -0.3 is 20.3 Å². The number of carbonyl (C=O) groups excluding carboxylic acids is 1. The average molecular weight is 618 g/mol. The highest BCUT2D eigenvalue weighted by molar-refractivity contribution is 7.89. The zero-order chi connectivity index (χ0) is 30.7. The molecular weight excluding hydrogens is 575 g/mol. The molecule has 9 nitrogen and oxygen atoms in total. The molecule has 2 heterocycles. The summed E-state index contributed by atoms with van der Waals surface area (Å²) in [5, 5.41) is 21.4. The Balaban J connectivity index is 1.30. The monoisotopic (exact) mass is 617 g/mol. The predicted octanol–water partition coefficient (Wildman–Crippen LogP) is 3.42. The van der Waals surface area contributed by atoms with Crippen LogP contribution in [0.1, 0.15) is 68.1 Å². The normalized spacial score (nSPS) is 24.0. The third-order valence-corrected chi connectivity index (χ3v) is 10.8. The van der Waals surface area contributed by atoms with Gasteiger partial charge in [-0.3, -0.25) is 9.79 Å². The molecule has 1 spiro atoms. The van der Waals surface area contributed by atoms with E-state index in [1.165, 1.54) is 4.31 Å². The molecule has 3 N–H and O–H groups in total. The van der Waals surface area contributed by atoms with E-state index in [9.17, 15) is 31.5 Å². The molecule has 0 unspecified atom stereocenters. The molecule has 2 aliphatic heterocycles. The van der Waals surface area contributed by atoms with E-state index in [4.69, 9.17) is 14.8 Å². The van der Waals surface area contributed by atoms with Crippen LogP contribution in [0, 0.1) is 25.7 Å². The molecule has 1 saturated carbocycles. The number of amides is 1. The minimum absolute atomic E-state index is 0.0141. The first kappa shape index (κ1) is 32.7. The van der Waals surface area contributed by atoms with Gasteiger partial charge in [0.25, 0.3) is 5.91 Å². The van der Waals surface area contributed by atoms with Crippen molar-refractivity contribution >= 4 is 21.8 Å². The molecular formula is C29H42F3N3O6S. The van der Waals surface area contributed by atoms with E-state index < -0.39 is 40.9 Å². The summed E-state index contributed by atoms with van der Waals surface area (Å²) in [6, 6.07) is 3.57. The molecule has 4 rings (SSSR count). The fourth-order valence-electron chi connectivity index (χ4n) is 6.34. The molecule has 1 saturated heterocycles. The molecule has 1 atom stereocenters. The summed E-state index contributed by atoms with van der Waals surface area (Å²) in [5.74, 6) is 0.898. The van der Waals surface area contributed by atoms with Crippen LogP contribution in [0.3, 0.4) is 0 Å². The maximum atomic E-state index is 13.2. The number of amidine groups is 1. The fourth-order valence-corrected chi connectivity index (χ4v) is 7.80. The highest BCUT2D eigenvalue weighted by atomic mass is 32.2. The lowest BCUT2D eigenvalue weighted by atomic mass is 9.79. The number of nitrogens with one attached hydrogen (secondary N) is 1. The lowest BCUT2D eigenvalue weighted by Gasteiger charge is -2.34. The zero-order valence-electron chi connectivity index (χ0n) is 24.3. The maximum absolute atomic E-state index is 13.2. The summed E-state index contributed by atoms with van der Waals surface area (Å²) in [7, 11) is -3.59. The Morgan fingerprint density at radius 3 is 2.33 bits per heavy atom. The standard InChI is InChI=1S/C29H42F3N3O6S/c1-19-15-24(41-18-23(37)17-36)16-20(2)25(19)8-14-42(39,40)35-12-10-28(11-13-35)27(38)33-26(34-28)22-5-3-21(4-6-22)7-9-29(30,31)32/h15-16,21-23,36-37H,3-14,17-18H2,1-2H3,(H,33,34,38)/t21?,22?,23-/m0/s1. The van der Waals surface area contributed by atoms with Crippen LogP contribution in [0.5, 0.6) is 5.75 Å². The number of sulfonamides is 1. The largest absolute Gasteiger partial charge is 0.491 e. The molecule has 236 valence electrons. The second kappa shape index (κ2) is 13.2. The van der Waals surface area contributed by atoms with Crippen LogP contribution in [0.2, 0.25) is 0 Å². The van der Waals surface area contributed by atoms with Crippen molar-refractivity contribution < 1.29 is 41.3 Å². The maximum Gasteiger partial charge on any atom is 0.389 e. The first-order valence-electron chi connectivity index (χ1n) is 14.7. The second-order valence-electron chi connectivity index (χ2n) is 12.0. The number of aliphatic imine (C=N–C) groups is 1. The molecule has 3 aliphatic rings. The van der Waals surface area contributed by atoms with Crippen molar-refractivity contribution in [1.82, 2.24) is 9.62 Å². The summed E-state index contributed by atoms with van der Waals surface area (Å²) >= 11 is 0. The summed E-state index contributed by atoms with van der Waals surface area (Å²) < 4.78 is 71.2. The van der Waals surface area contributed by atoms with Crippen LogP contribution in [0.25, 0.3) is 0 Å². The van der Waals surface area contributed by atoms with Gasteiger partial charge in [-0.2, -0.15) is 13.2 Å². The van der Waals surface area contributed by atoms with Crippen LogP contribution in [0.15, 0.2) is 17.1 Å². The quantitative estimate of drug-likeness (QED) is 0.349. The Kier molecular flexibility index (Phi) is 10.3. The van der Waals surface area contributed by atoms with Gasteiger partial charge in [0.1, 0.15) is 29.8 Å². The van der Waals surface area contributed by atoms with Crippen LogP contribution >= 0.6 is 0 Å². The number of hydrogen-bond donors (Lipinski definition) is 3. The van der Waals surface area contributed by atoms with Crippen LogP contribution in [0.4, 0.5) is 13.2 Å². The highest BCUT2D eigenvalue weighted by Crippen LogP contribution is 2.38. The number of ether oxygens (including phenoxy) is 1. The van der Waals surface area contributed by atoms with E-state index >= 15 is 0 Å².